The van der Waals surface area contributed by atoms with Gasteiger partial charge in [0.05, 0.1) is 5.52 Å². The van der Waals surface area contributed by atoms with E-state index in [1.807, 2.05) is 29.2 Å². The van der Waals surface area contributed by atoms with Crippen LogP contribution in [-0.4, -0.2) is 87.4 Å². The Labute approximate surface area is 202 Å². The highest BCUT2D eigenvalue weighted by atomic mass is 35.5. The third-order valence-electron chi connectivity index (χ3n) is 6.69. The normalized spacial score (nSPS) is 17.8. The molecule has 2 saturated heterocycles. The first kappa shape index (κ1) is 22.6. The fourth-order valence-electron chi connectivity index (χ4n) is 4.68. The predicted octanol–water partition coefficient (Wildman–Crippen LogP) is 3.17. The highest BCUT2D eigenvalue weighted by Gasteiger charge is 2.31. The van der Waals surface area contributed by atoms with Crippen LogP contribution in [0.1, 0.15) is 28.8 Å². The van der Waals surface area contributed by atoms with Crippen molar-refractivity contribution >= 4 is 34.6 Å². The number of likely N-dealkylation sites (tertiary alicyclic amines) is 1. The molecule has 0 atom stereocenters. The number of carbonyl (C=O) groups is 2. The van der Waals surface area contributed by atoms with Crippen LogP contribution in [0.25, 0.3) is 11.0 Å². The van der Waals surface area contributed by atoms with Crippen molar-refractivity contribution in [1.29, 1.82) is 0 Å². The molecule has 2 aliphatic rings. The molecule has 34 heavy (non-hydrogen) atoms. The van der Waals surface area contributed by atoms with Crippen LogP contribution in [0.4, 0.5) is 4.79 Å². The van der Waals surface area contributed by atoms with Crippen LogP contribution in [0.2, 0.25) is 5.02 Å². The summed E-state index contributed by atoms with van der Waals surface area (Å²) >= 11 is 5.90. The van der Waals surface area contributed by atoms with Crippen LogP contribution in [-0.2, 0) is 11.3 Å². The van der Waals surface area contributed by atoms with Gasteiger partial charge >= 0.3 is 6.09 Å². The highest BCUT2D eigenvalue weighted by molar-refractivity contribution is 6.30. The number of aromatic nitrogens is 3. The number of fused-ring (bicyclic) bond motifs is 1. The predicted molar refractivity (Wildman–Crippen MR) is 128 cm³/mol. The van der Waals surface area contributed by atoms with E-state index in [9.17, 15) is 9.59 Å². The molecule has 0 saturated carbocycles. The molecule has 2 aliphatic heterocycles. The zero-order chi connectivity index (χ0) is 23.5. The lowest BCUT2D eigenvalue weighted by Gasteiger charge is -2.42. The van der Waals surface area contributed by atoms with Gasteiger partial charge in [0.2, 0.25) is 0 Å². The van der Waals surface area contributed by atoms with Crippen LogP contribution in [0, 0.1) is 0 Å². The number of nitrogens with zero attached hydrogens (tertiary/aromatic N) is 5. The van der Waals surface area contributed by atoms with Gasteiger partial charge < -0.3 is 14.5 Å². The molecule has 0 unspecified atom stereocenters. The van der Waals surface area contributed by atoms with Crippen molar-refractivity contribution < 1.29 is 14.3 Å². The second-order valence-electron chi connectivity index (χ2n) is 8.77. The number of benzene rings is 2. The van der Waals surface area contributed by atoms with Gasteiger partial charge in [-0.15, -0.1) is 5.10 Å². The number of hydrogen-bond donors (Lipinski definition) is 1. The van der Waals surface area contributed by atoms with Crippen molar-refractivity contribution in [3.05, 3.63) is 58.6 Å². The quantitative estimate of drug-likeness (QED) is 0.613. The Bertz CT molecular complexity index is 1150. The van der Waals surface area contributed by atoms with Gasteiger partial charge in [-0.25, -0.2) is 4.79 Å². The zero-order valence-corrected chi connectivity index (χ0v) is 19.6. The van der Waals surface area contributed by atoms with Crippen molar-refractivity contribution in [2.75, 3.05) is 39.3 Å². The van der Waals surface area contributed by atoms with Crippen molar-refractivity contribution in [2.24, 2.45) is 0 Å². The molecule has 0 bridgehead atoms. The van der Waals surface area contributed by atoms with E-state index in [0.29, 0.717) is 35.2 Å². The van der Waals surface area contributed by atoms with Gasteiger partial charge in [-0.05, 0) is 48.7 Å². The lowest BCUT2D eigenvalue weighted by Crippen LogP contribution is -2.54. The number of H-pyrrole nitrogens is 1. The van der Waals surface area contributed by atoms with Gasteiger partial charge in [-0.1, -0.05) is 28.9 Å². The van der Waals surface area contributed by atoms with Crippen LogP contribution in [0.15, 0.2) is 42.5 Å². The van der Waals surface area contributed by atoms with Crippen molar-refractivity contribution in [1.82, 2.24) is 30.1 Å². The molecule has 5 rings (SSSR count). The maximum Gasteiger partial charge on any atom is 0.410 e. The van der Waals surface area contributed by atoms with Crippen molar-refractivity contribution in [3.8, 4) is 0 Å². The van der Waals surface area contributed by atoms with Gasteiger partial charge in [0.25, 0.3) is 5.91 Å². The molecule has 1 N–H and O–H groups in total. The fraction of sp³-hybridized carbons (Fsp3) is 0.417. The van der Waals surface area contributed by atoms with Crippen LogP contribution >= 0.6 is 11.6 Å². The Balaban J connectivity index is 1.07. The van der Waals surface area contributed by atoms with Crippen molar-refractivity contribution in [3.63, 3.8) is 0 Å². The van der Waals surface area contributed by atoms with E-state index in [2.05, 4.69) is 20.3 Å². The molecule has 0 radical (unpaired) electrons. The average molecular weight is 483 g/mol. The topological polar surface area (TPSA) is 94.7 Å². The summed E-state index contributed by atoms with van der Waals surface area (Å²) in [5.74, 6) is 0.0385. The van der Waals surface area contributed by atoms with E-state index < -0.39 is 0 Å². The maximum absolute atomic E-state index is 12.9. The summed E-state index contributed by atoms with van der Waals surface area (Å²) in [5, 5.41) is 11.2. The highest BCUT2D eigenvalue weighted by Crippen LogP contribution is 2.21. The van der Waals surface area contributed by atoms with Gasteiger partial charge in [0.15, 0.2) is 0 Å². The first-order valence-corrected chi connectivity index (χ1v) is 11.9. The van der Waals surface area contributed by atoms with E-state index in [0.717, 1.165) is 50.1 Å². The van der Waals surface area contributed by atoms with E-state index in [1.54, 1.807) is 23.1 Å². The molecule has 2 fully saturated rings. The van der Waals surface area contributed by atoms with Gasteiger partial charge in [0, 0.05) is 55.9 Å². The van der Waals surface area contributed by atoms with E-state index in [4.69, 9.17) is 16.3 Å². The Morgan fingerprint density at radius 3 is 2.44 bits per heavy atom. The van der Waals surface area contributed by atoms with E-state index >= 15 is 0 Å². The number of piperazine rings is 1. The first-order valence-electron chi connectivity index (χ1n) is 11.6. The van der Waals surface area contributed by atoms with Gasteiger partial charge in [0.1, 0.15) is 12.1 Å². The summed E-state index contributed by atoms with van der Waals surface area (Å²) < 4.78 is 5.46. The summed E-state index contributed by atoms with van der Waals surface area (Å²) in [6.07, 6.45) is 1.58. The molecule has 178 valence electrons. The van der Waals surface area contributed by atoms with Gasteiger partial charge in [-0.2, -0.15) is 0 Å². The van der Waals surface area contributed by atoms with E-state index in [1.165, 1.54) is 0 Å². The molecular formula is C24H27ClN6O3. The lowest BCUT2D eigenvalue weighted by molar-refractivity contribution is 0.0394. The summed E-state index contributed by atoms with van der Waals surface area (Å²) in [4.78, 5) is 31.5. The minimum absolute atomic E-state index is 0.0385. The van der Waals surface area contributed by atoms with Crippen LogP contribution in [0.5, 0.6) is 0 Å². The Kier molecular flexibility index (Phi) is 6.64. The molecule has 2 aromatic carbocycles. The number of amides is 2. The van der Waals surface area contributed by atoms with E-state index in [-0.39, 0.29) is 18.6 Å². The smallest absolute Gasteiger partial charge is 0.410 e. The number of nitrogens with one attached hydrogen (secondary N) is 1. The minimum atomic E-state index is -0.279. The second kappa shape index (κ2) is 9.99. The number of hydrogen-bond acceptors (Lipinski definition) is 6. The summed E-state index contributed by atoms with van der Waals surface area (Å²) in [5.41, 5.74) is 3.08. The first-order chi connectivity index (χ1) is 16.6. The number of rotatable bonds is 4. The molecular weight excluding hydrogens is 456 g/mol. The van der Waals surface area contributed by atoms with Crippen LogP contribution < -0.4 is 0 Å². The van der Waals surface area contributed by atoms with Crippen LogP contribution in [0.3, 0.4) is 0 Å². The number of ether oxygens (including phenoxy) is 1. The second-order valence-corrected chi connectivity index (χ2v) is 9.21. The molecule has 9 nitrogen and oxygen atoms in total. The molecule has 10 heteroatoms. The molecule has 1 aromatic heterocycles. The molecule has 3 heterocycles. The van der Waals surface area contributed by atoms with Crippen molar-refractivity contribution in [2.45, 2.75) is 25.5 Å². The van der Waals surface area contributed by atoms with Gasteiger partial charge in [-0.3, -0.25) is 14.8 Å². The number of carbonyl (C=O) groups excluding carboxylic acids is 2. The SMILES string of the molecule is O=C(OCc1ccc(Cl)cc1)N1CCN(C2CCN(C(=O)c3ccc4[nH]nnc4c3)CC2)CC1. The molecule has 0 aliphatic carbocycles. The summed E-state index contributed by atoms with van der Waals surface area (Å²) in [6.45, 7) is 4.63. The Hall–Kier alpha value is -3.17. The summed E-state index contributed by atoms with van der Waals surface area (Å²) in [7, 11) is 0. The average Bonchev–Trinajstić information content (AvgIpc) is 3.36. The zero-order valence-electron chi connectivity index (χ0n) is 18.8. The molecule has 2 amide bonds. The lowest BCUT2D eigenvalue weighted by atomic mass is 10.0. The number of piperidine rings is 1. The third-order valence-corrected chi connectivity index (χ3v) is 6.94. The largest absolute Gasteiger partial charge is 0.445 e. The third kappa shape index (κ3) is 5.00. The number of halogens is 1. The standard InChI is InChI=1S/C24H27ClN6O3/c25-19-4-1-17(2-5-19)16-34-24(33)31-13-11-29(12-14-31)20-7-9-30(10-8-20)23(32)18-3-6-21-22(15-18)27-28-26-21/h1-6,15,20H,7-14,16H2,(H,26,27,28). The number of aromatic amines is 1. The Morgan fingerprint density at radius 2 is 1.71 bits per heavy atom. The molecule has 0 spiro atoms. The monoisotopic (exact) mass is 482 g/mol. The molecule has 3 aromatic rings. The maximum atomic E-state index is 12.9. The fourth-order valence-corrected chi connectivity index (χ4v) is 4.80. The Morgan fingerprint density at radius 1 is 0.971 bits per heavy atom. The summed E-state index contributed by atoms with van der Waals surface area (Å²) in [6, 6.07) is 13.2. The minimum Gasteiger partial charge on any atom is -0.445 e.